The molecule has 0 aliphatic carbocycles. The monoisotopic (exact) mass is 282 g/mol. The summed E-state index contributed by atoms with van der Waals surface area (Å²) < 4.78 is 12.9. The van der Waals surface area contributed by atoms with E-state index in [2.05, 4.69) is 10.6 Å². The number of benzene rings is 1. The van der Waals surface area contributed by atoms with Gasteiger partial charge in [-0.25, -0.2) is 4.39 Å². The Kier molecular flexibility index (Phi) is 6.66. The van der Waals surface area contributed by atoms with Gasteiger partial charge in [-0.3, -0.25) is 9.59 Å². The number of amides is 1. The number of carboxylic acids is 1. The van der Waals surface area contributed by atoms with E-state index in [-0.39, 0.29) is 18.9 Å². The maximum Gasteiger partial charge on any atom is 0.320 e. The van der Waals surface area contributed by atoms with Crippen molar-refractivity contribution in [1.29, 1.82) is 0 Å². The van der Waals surface area contributed by atoms with Crippen molar-refractivity contribution in [3.05, 3.63) is 30.1 Å². The van der Waals surface area contributed by atoms with Crippen LogP contribution >= 0.6 is 0 Å². The predicted octanol–water partition coefficient (Wildman–Crippen LogP) is 2.00. The van der Waals surface area contributed by atoms with E-state index in [9.17, 15) is 14.0 Å². The Morgan fingerprint density at radius 1 is 1.40 bits per heavy atom. The van der Waals surface area contributed by atoms with Gasteiger partial charge < -0.3 is 15.7 Å². The highest BCUT2D eigenvalue weighted by molar-refractivity contribution is 5.90. The fourth-order valence-corrected chi connectivity index (χ4v) is 1.75. The van der Waals surface area contributed by atoms with Crippen LogP contribution in [0.4, 0.5) is 10.1 Å². The Bertz CT molecular complexity index is 465. The predicted molar refractivity (Wildman–Crippen MR) is 74.0 cm³/mol. The van der Waals surface area contributed by atoms with Crippen molar-refractivity contribution in [1.82, 2.24) is 5.32 Å². The molecule has 1 atom stereocenters. The SMILES string of the molecule is CCCC(NCCC(=O)Nc1cccc(F)c1)C(=O)O. The Morgan fingerprint density at radius 3 is 2.75 bits per heavy atom. The molecule has 0 bridgehead atoms. The molecule has 5 nitrogen and oxygen atoms in total. The van der Waals surface area contributed by atoms with Crippen LogP contribution in [0.15, 0.2) is 24.3 Å². The minimum Gasteiger partial charge on any atom is -0.480 e. The third kappa shape index (κ3) is 5.79. The van der Waals surface area contributed by atoms with Crippen molar-refractivity contribution in [2.24, 2.45) is 0 Å². The number of anilines is 1. The normalized spacial score (nSPS) is 11.9. The van der Waals surface area contributed by atoms with Crippen molar-refractivity contribution in [3.63, 3.8) is 0 Å². The maximum atomic E-state index is 12.9. The van der Waals surface area contributed by atoms with Gasteiger partial charge in [-0.15, -0.1) is 0 Å². The van der Waals surface area contributed by atoms with E-state index in [0.29, 0.717) is 12.1 Å². The zero-order valence-corrected chi connectivity index (χ0v) is 11.4. The van der Waals surface area contributed by atoms with Gasteiger partial charge in [0.1, 0.15) is 11.9 Å². The molecule has 0 saturated heterocycles. The van der Waals surface area contributed by atoms with Gasteiger partial charge in [0.2, 0.25) is 5.91 Å². The molecule has 110 valence electrons. The number of carbonyl (C=O) groups excluding carboxylic acids is 1. The molecule has 0 radical (unpaired) electrons. The molecule has 20 heavy (non-hydrogen) atoms. The van der Waals surface area contributed by atoms with E-state index in [1.165, 1.54) is 18.2 Å². The zero-order chi connectivity index (χ0) is 15.0. The molecule has 0 heterocycles. The van der Waals surface area contributed by atoms with Crippen LogP contribution < -0.4 is 10.6 Å². The number of hydrogen-bond acceptors (Lipinski definition) is 3. The number of halogens is 1. The van der Waals surface area contributed by atoms with Crippen LogP contribution in [-0.2, 0) is 9.59 Å². The van der Waals surface area contributed by atoms with Crippen LogP contribution in [0.1, 0.15) is 26.2 Å². The highest BCUT2D eigenvalue weighted by Gasteiger charge is 2.15. The lowest BCUT2D eigenvalue weighted by Crippen LogP contribution is -2.38. The molecule has 0 aliphatic heterocycles. The van der Waals surface area contributed by atoms with E-state index < -0.39 is 17.8 Å². The number of carbonyl (C=O) groups is 2. The van der Waals surface area contributed by atoms with Crippen LogP contribution in [0.25, 0.3) is 0 Å². The van der Waals surface area contributed by atoms with Gasteiger partial charge in [0.25, 0.3) is 0 Å². The zero-order valence-electron chi connectivity index (χ0n) is 11.4. The number of aliphatic carboxylic acids is 1. The first kappa shape index (κ1) is 16.1. The summed E-state index contributed by atoms with van der Waals surface area (Å²) in [5.41, 5.74) is 0.387. The molecule has 1 amide bonds. The minimum absolute atomic E-state index is 0.129. The molecule has 1 unspecified atom stereocenters. The summed E-state index contributed by atoms with van der Waals surface area (Å²) in [6.07, 6.45) is 1.39. The van der Waals surface area contributed by atoms with E-state index >= 15 is 0 Å². The first-order valence-corrected chi connectivity index (χ1v) is 6.54. The quantitative estimate of drug-likeness (QED) is 0.681. The highest BCUT2D eigenvalue weighted by Crippen LogP contribution is 2.09. The van der Waals surface area contributed by atoms with Gasteiger partial charge in [-0.05, 0) is 24.6 Å². The molecular weight excluding hydrogens is 263 g/mol. The van der Waals surface area contributed by atoms with Crippen LogP contribution in [0.5, 0.6) is 0 Å². The molecule has 0 spiro atoms. The fraction of sp³-hybridized carbons (Fsp3) is 0.429. The molecule has 0 aromatic heterocycles. The standard InChI is InChI=1S/C14H19FN2O3/c1-2-4-12(14(19)20)16-8-7-13(18)17-11-6-3-5-10(15)9-11/h3,5-6,9,12,16H,2,4,7-8H2,1H3,(H,17,18)(H,19,20). The van der Waals surface area contributed by atoms with Gasteiger partial charge in [0.05, 0.1) is 0 Å². The summed E-state index contributed by atoms with van der Waals surface area (Å²) in [7, 11) is 0. The van der Waals surface area contributed by atoms with E-state index in [4.69, 9.17) is 5.11 Å². The third-order valence-electron chi connectivity index (χ3n) is 2.73. The van der Waals surface area contributed by atoms with Crippen molar-refractivity contribution in [3.8, 4) is 0 Å². The van der Waals surface area contributed by atoms with Crippen molar-refractivity contribution < 1.29 is 19.1 Å². The van der Waals surface area contributed by atoms with Crippen LogP contribution in [0.2, 0.25) is 0 Å². The highest BCUT2D eigenvalue weighted by atomic mass is 19.1. The second-order valence-corrected chi connectivity index (χ2v) is 4.44. The number of nitrogens with one attached hydrogen (secondary N) is 2. The van der Waals surface area contributed by atoms with Crippen LogP contribution in [-0.4, -0.2) is 29.6 Å². The molecule has 1 aromatic carbocycles. The van der Waals surface area contributed by atoms with Gasteiger partial charge in [0.15, 0.2) is 0 Å². The summed E-state index contributed by atoms with van der Waals surface area (Å²) >= 11 is 0. The second-order valence-electron chi connectivity index (χ2n) is 4.44. The van der Waals surface area contributed by atoms with Gasteiger partial charge >= 0.3 is 5.97 Å². The number of carboxylic acid groups (broad SMARTS) is 1. The van der Waals surface area contributed by atoms with Crippen molar-refractivity contribution in [2.75, 3.05) is 11.9 Å². The van der Waals surface area contributed by atoms with E-state index in [1.54, 1.807) is 6.07 Å². The Balaban J connectivity index is 2.34. The first-order chi connectivity index (χ1) is 9.52. The van der Waals surface area contributed by atoms with E-state index in [0.717, 1.165) is 6.42 Å². The lowest BCUT2D eigenvalue weighted by atomic mass is 10.1. The first-order valence-electron chi connectivity index (χ1n) is 6.54. The topological polar surface area (TPSA) is 78.4 Å². The Hall–Kier alpha value is -1.95. The number of hydrogen-bond donors (Lipinski definition) is 3. The summed E-state index contributed by atoms with van der Waals surface area (Å²) in [6.45, 7) is 2.16. The van der Waals surface area contributed by atoms with Gasteiger partial charge in [-0.2, -0.15) is 0 Å². The lowest BCUT2D eigenvalue weighted by Gasteiger charge is -2.13. The maximum absolute atomic E-state index is 12.9. The van der Waals surface area contributed by atoms with Crippen molar-refractivity contribution >= 4 is 17.6 Å². The molecule has 3 N–H and O–H groups in total. The largest absolute Gasteiger partial charge is 0.480 e. The smallest absolute Gasteiger partial charge is 0.320 e. The summed E-state index contributed by atoms with van der Waals surface area (Å²) in [6, 6.07) is 4.97. The molecule has 6 heteroatoms. The molecular formula is C14H19FN2O3. The molecule has 1 aromatic rings. The Labute approximate surface area is 117 Å². The van der Waals surface area contributed by atoms with Gasteiger partial charge in [-0.1, -0.05) is 19.4 Å². The average Bonchev–Trinajstić information content (AvgIpc) is 2.37. The molecule has 0 fully saturated rings. The molecule has 0 aliphatic rings. The minimum atomic E-state index is -0.919. The average molecular weight is 282 g/mol. The summed E-state index contributed by atoms with van der Waals surface area (Å²) in [5, 5.41) is 14.3. The summed E-state index contributed by atoms with van der Waals surface area (Å²) in [5.74, 6) is -1.63. The van der Waals surface area contributed by atoms with Gasteiger partial charge in [0, 0.05) is 18.7 Å². The van der Waals surface area contributed by atoms with E-state index in [1.807, 2.05) is 6.92 Å². The summed E-state index contributed by atoms with van der Waals surface area (Å²) in [4.78, 5) is 22.5. The second kappa shape index (κ2) is 8.27. The number of rotatable bonds is 8. The van der Waals surface area contributed by atoms with Crippen LogP contribution in [0.3, 0.4) is 0 Å². The fourth-order valence-electron chi connectivity index (χ4n) is 1.75. The molecule has 0 saturated carbocycles. The van der Waals surface area contributed by atoms with Crippen LogP contribution in [0, 0.1) is 5.82 Å². The Morgan fingerprint density at radius 2 is 2.15 bits per heavy atom. The van der Waals surface area contributed by atoms with Crippen molar-refractivity contribution in [2.45, 2.75) is 32.2 Å². The lowest BCUT2D eigenvalue weighted by molar-refractivity contribution is -0.139. The third-order valence-corrected chi connectivity index (χ3v) is 2.73. The molecule has 1 rings (SSSR count).